The molecule has 186 valence electrons. The van der Waals surface area contributed by atoms with Crippen LogP contribution in [0.3, 0.4) is 0 Å². The lowest BCUT2D eigenvalue weighted by atomic mass is 10.1. The molecule has 12 nitrogen and oxygen atoms in total. The summed E-state index contributed by atoms with van der Waals surface area (Å²) in [5.74, 6) is 0.624. The summed E-state index contributed by atoms with van der Waals surface area (Å²) in [6, 6.07) is 8.35. The van der Waals surface area contributed by atoms with Gasteiger partial charge >= 0.3 is 0 Å². The first-order valence-electron chi connectivity index (χ1n) is 11.1. The van der Waals surface area contributed by atoms with Gasteiger partial charge in [0.15, 0.2) is 5.82 Å². The number of rotatable bonds is 11. The van der Waals surface area contributed by atoms with Gasteiger partial charge in [0, 0.05) is 45.0 Å². The van der Waals surface area contributed by atoms with E-state index in [1.165, 1.54) is 5.69 Å². The minimum absolute atomic E-state index is 0.112. The molecule has 1 aliphatic rings. The molecule has 13 heteroatoms. The zero-order valence-electron chi connectivity index (χ0n) is 19.6. The molecule has 0 saturated carbocycles. The lowest BCUT2D eigenvalue weighted by molar-refractivity contribution is 0.319. The quantitative estimate of drug-likeness (QED) is 0.232. The molecule has 0 radical (unpaired) electrons. The van der Waals surface area contributed by atoms with Crippen molar-refractivity contribution in [2.45, 2.75) is 13.5 Å². The van der Waals surface area contributed by atoms with Crippen LogP contribution in [0.4, 0.5) is 23.1 Å². The van der Waals surface area contributed by atoms with Gasteiger partial charge in [0.05, 0.1) is 31.6 Å². The molecule has 1 fully saturated rings. The molecule has 2 heterocycles. The van der Waals surface area contributed by atoms with E-state index in [4.69, 9.17) is 11.5 Å². The standard InChI is InChI=1S/C21H33N9O3S/c1-16-19(20(22)28-21(23)27-16)30-12-10-29(11-13-30)18-5-3-17(4-6-18)15-26-25-8-7-24-9-14-33-34(2,31)32/h3-6,24H,7-15H2,1-2H3,(H4,22,23,27,28). The molecule has 1 aliphatic heterocycles. The van der Waals surface area contributed by atoms with Crippen molar-refractivity contribution in [1.29, 1.82) is 0 Å². The monoisotopic (exact) mass is 491 g/mol. The van der Waals surface area contributed by atoms with Gasteiger partial charge < -0.3 is 26.6 Å². The number of hydrogen-bond acceptors (Lipinski definition) is 12. The minimum Gasteiger partial charge on any atom is -0.382 e. The van der Waals surface area contributed by atoms with Crippen LogP contribution in [0, 0.1) is 6.92 Å². The Bertz CT molecular complexity index is 1050. The van der Waals surface area contributed by atoms with Crippen molar-refractivity contribution in [1.82, 2.24) is 15.3 Å². The zero-order chi connectivity index (χ0) is 24.6. The summed E-state index contributed by atoms with van der Waals surface area (Å²) >= 11 is 0. The fourth-order valence-corrected chi connectivity index (χ4v) is 4.11. The first kappa shape index (κ1) is 25.6. The van der Waals surface area contributed by atoms with E-state index in [2.05, 4.69) is 63.8 Å². The van der Waals surface area contributed by atoms with Crippen molar-refractivity contribution in [3.05, 3.63) is 35.5 Å². The Morgan fingerprint density at radius 1 is 1.03 bits per heavy atom. The van der Waals surface area contributed by atoms with Crippen LogP contribution in [0.1, 0.15) is 11.3 Å². The number of nitrogens with one attached hydrogen (secondary N) is 1. The summed E-state index contributed by atoms with van der Waals surface area (Å²) in [6.45, 7) is 7.47. The molecule has 1 saturated heterocycles. The van der Waals surface area contributed by atoms with Crippen molar-refractivity contribution in [3.8, 4) is 0 Å². The van der Waals surface area contributed by atoms with Gasteiger partial charge in [-0.2, -0.15) is 23.6 Å². The Kier molecular flexibility index (Phi) is 8.96. The Morgan fingerprint density at radius 3 is 2.35 bits per heavy atom. The second kappa shape index (κ2) is 11.9. The number of benzene rings is 1. The first-order valence-corrected chi connectivity index (χ1v) is 12.9. The maximum absolute atomic E-state index is 10.8. The van der Waals surface area contributed by atoms with Crippen LogP contribution >= 0.6 is 0 Å². The highest BCUT2D eigenvalue weighted by atomic mass is 32.2. The van der Waals surface area contributed by atoms with Gasteiger partial charge in [-0.1, -0.05) is 12.1 Å². The molecule has 0 atom stereocenters. The number of nitrogen functional groups attached to an aromatic ring is 2. The average Bonchev–Trinajstić information content (AvgIpc) is 2.77. The van der Waals surface area contributed by atoms with Crippen LogP contribution in [0.25, 0.3) is 0 Å². The molecule has 1 aromatic heterocycles. The highest BCUT2D eigenvalue weighted by Gasteiger charge is 2.22. The maximum atomic E-state index is 10.8. The van der Waals surface area contributed by atoms with Crippen LogP contribution < -0.4 is 26.6 Å². The molecule has 34 heavy (non-hydrogen) atoms. The van der Waals surface area contributed by atoms with Crippen LogP contribution in [0.5, 0.6) is 0 Å². The lowest BCUT2D eigenvalue weighted by Crippen LogP contribution is -2.47. The van der Waals surface area contributed by atoms with Gasteiger partial charge in [-0.05, 0) is 24.6 Å². The third kappa shape index (κ3) is 7.78. The molecule has 0 aliphatic carbocycles. The van der Waals surface area contributed by atoms with Crippen molar-refractivity contribution in [2.24, 2.45) is 10.2 Å². The van der Waals surface area contributed by atoms with Gasteiger partial charge in [0.1, 0.15) is 5.69 Å². The Balaban J connectivity index is 1.39. The molecular formula is C21H33N9O3S. The maximum Gasteiger partial charge on any atom is 0.264 e. The number of aryl methyl sites for hydroxylation is 1. The fraction of sp³-hybridized carbons (Fsp3) is 0.524. The number of anilines is 4. The van der Waals surface area contributed by atoms with Crippen molar-refractivity contribution in [3.63, 3.8) is 0 Å². The molecule has 3 rings (SSSR count). The predicted octanol–water partition coefficient (Wildman–Crippen LogP) is 0.794. The average molecular weight is 492 g/mol. The summed E-state index contributed by atoms with van der Waals surface area (Å²) < 4.78 is 26.3. The minimum atomic E-state index is -3.39. The molecule has 1 aromatic carbocycles. The van der Waals surface area contributed by atoms with E-state index in [0.717, 1.165) is 49.4 Å². The van der Waals surface area contributed by atoms with E-state index >= 15 is 0 Å². The molecule has 0 bridgehead atoms. The van der Waals surface area contributed by atoms with Gasteiger partial charge in [-0.25, -0.2) is 4.98 Å². The van der Waals surface area contributed by atoms with E-state index in [1.54, 1.807) is 0 Å². The first-order chi connectivity index (χ1) is 16.2. The second-order valence-electron chi connectivity index (χ2n) is 7.98. The van der Waals surface area contributed by atoms with Crippen LogP contribution in [-0.2, 0) is 20.8 Å². The molecule has 5 N–H and O–H groups in total. The van der Waals surface area contributed by atoms with Crippen LogP contribution in [-0.4, -0.2) is 77.1 Å². The number of nitrogens with zero attached hydrogens (tertiary/aromatic N) is 6. The topological polar surface area (TPSA) is 164 Å². The lowest BCUT2D eigenvalue weighted by Gasteiger charge is -2.38. The van der Waals surface area contributed by atoms with Crippen LogP contribution in [0.2, 0.25) is 0 Å². The highest BCUT2D eigenvalue weighted by molar-refractivity contribution is 7.85. The summed E-state index contributed by atoms with van der Waals surface area (Å²) in [5, 5.41) is 11.4. The van der Waals surface area contributed by atoms with Crippen molar-refractivity contribution in [2.75, 3.05) is 79.9 Å². The molecular weight excluding hydrogens is 458 g/mol. The summed E-state index contributed by atoms with van der Waals surface area (Å²) in [5.41, 5.74) is 15.7. The van der Waals surface area contributed by atoms with E-state index < -0.39 is 10.1 Å². The molecule has 0 unspecified atom stereocenters. The van der Waals surface area contributed by atoms with Gasteiger partial charge in [-0.15, -0.1) is 0 Å². The number of piperazine rings is 1. The van der Waals surface area contributed by atoms with Gasteiger partial charge in [-0.3, -0.25) is 4.18 Å². The summed E-state index contributed by atoms with van der Waals surface area (Å²) in [6.07, 6.45) is 1.03. The van der Waals surface area contributed by atoms with Crippen molar-refractivity contribution < 1.29 is 12.6 Å². The number of aromatic nitrogens is 2. The third-order valence-corrected chi connectivity index (χ3v) is 5.91. The Labute approximate surface area is 200 Å². The SMILES string of the molecule is Cc1nc(N)nc(N)c1N1CCN(c2ccc(CN=NCCNCCOS(C)(=O)=O)cc2)CC1. The number of azo groups is 1. The fourth-order valence-electron chi connectivity index (χ4n) is 3.72. The second-order valence-corrected chi connectivity index (χ2v) is 9.63. The smallest absolute Gasteiger partial charge is 0.264 e. The summed E-state index contributed by atoms with van der Waals surface area (Å²) in [4.78, 5) is 12.9. The zero-order valence-corrected chi connectivity index (χ0v) is 20.5. The van der Waals surface area contributed by atoms with E-state index in [0.29, 0.717) is 32.0 Å². The molecule has 2 aromatic rings. The number of nitrogens with two attached hydrogens (primary N) is 2. The normalized spacial score (nSPS) is 14.8. The van der Waals surface area contributed by atoms with Crippen LogP contribution in [0.15, 0.2) is 34.5 Å². The van der Waals surface area contributed by atoms with E-state index in [9.17, 15) is 8.42 Å². The number of hydrogen-bond donors (Lipinski definition) is 3. The van der Waals surface area contributed by atoms with E-state index in [-0.39, 0.29) is 12.6 Å². The molecule has 0 amide bonds. The summed E-state index contributed by atoms with van der Waals surface area (Å²) in [7, 11) is -3.39. The third-order valence-electron chi connectivity index (χ3n) is 5.32. The van der Waals surface area contributed by atoms with Crippen molar-refractivity contribution >= 4 is 33.3 Å². The molecule has 0 spiro atoms. The Morgan fingerprint density at radius 2 is 1.71 bits per heavy atom. The highest BCUT2D eigenvalue weighted by Crippen LogP contribution is 2.27. The largest absolute Gasteiger partial charge is 0.382 e. The predicted molar refractivity (Wildman–Crippen MR) is 134 cm³/mol. The van der Waals surface area contributed by atoms with Gasteiger partial charge in [0.25, 0.3) is 10.1 Å². The Hall–Kier alpha value is -3.03. The van der Waals surface area contributed by atoms with E-state index in [1.807, 2.05) is 6.92 Å². The van der Waals surface area contributed by atoms with Gasteiger partial charge in [0.2, 0.25) is 5.95 Å².